The minimum atomic E-state index is -4.28. The summed E-state index contributed by atoms with van der Waals surface area (Å²) in [7, 11) is 1.68. The number of nitrogens with one attached hydrogen (secondary N) is 1. The molecule has 7 heteroatoms. The number of carbonyl (C=O) groups is 1. The predicted molar refractivity (Wildman–Crippen MR) is 71.4 cm³/mol. The summed E-state index contributed by atoms with van der Waals surface area (Å²) in [4.78, 5) is 15.0. The van der Waals surface area contributed by atoms with Gasteiger partial charge < -0.3 is 10.2 Å². The van der Waals surface area contributed by atoms with Crippen molar-refractivity contribution in [2.24, 2.45) is 0 Å². The molecule has 1 heterocycles. The van der Waals surface area contributed by atoms with Crippen molar-refractivity contribution >= 4 is 5.91 Å². The molecular weight excluding hydrogens is 271 g/mol. The lowest BCUT2D eigenvalue weighted by Crippen LogP contribution is -2.49. The van der Waals surface area contributed by atoms with Crippen LogP contribution in [0, 0.1) is 0 Å². The molecule has 0 aliphatic carbocycles. The molecule has 4 nitrogen and oxygen atoms in total. The van der Waals surface area contributed by atoms with Crippen LogP contribution in [-0.4, -0.2) is 67.7 Å². The highest BCUT2D eigenvalue weighted by Crippen LogP contribution is 2.19. The highest BCUT2D eigenvalue weighted by atomic mass is 19.4. The Balaban J connectivity index is 2.55. The van der Waals surface area contributed by atoms with Gasteiger partial charge in [-0.1, -0.05) is 0 Å². The van der Waals surface area contributed by atoms with Gasteiger partial charge in [0.1, 0.15) is 0 Å². The van der Waals surface area contributed by atoms with Gasteiger partial charge in [0.2, 0.25) is 5.91 Å². The van der Waals surface area contributed by atoms with Crippen molar-refractivity contribution in [1.82, 2.24) is 15.1 Å². The zero-order chi connectivity index (χ0) is 15.2. The largest absolute Gasteiger partial charge is 0.401 e. The zero-order valence-electron chi connectivity index (χ0n) is 12.2. The first-order valence-corrected chi connectivity index (χ1v) is 7.06. The van der Waals surface area contributed by atoms with E-state index in [9.17, 15) is 18.0 Å². The second-order valence-corrected chi connectivity index (χ2v) is 5.36. The molecule has 1 unspecified atom stereocenters. The van der Waals surface area contributed by atoms with Crippen molar-refractivity contribution in [3.05, 3.63) is 0 Å². The molecule has 1 atom stereocenters. The Bertz CT molecular complexity index is 310. The lowest BCUT2D eigenvalue weighted by atomic mass is 10.0. The molecule has 0 spiro atoms. The number of alkyl halides is 3. The summed E-state index contributed by atoms with van der Waals surface area (Å²) >= 11 is 0. The molecule has 0 bridgehead atoms. The molecule has 0 aromatic carbocycles. The maximum atomic E-state index is 12.5. The second kappa shape index (κ2) is 7.83. The fraction of sp³-hybridized carbons (Fsp3) is 0.923. The van der Waals surface area contributed by atoms with Crippen LogP contribution in [0.25, 0.3) is 0 Å². The van der Waals surface area contributed by atoms with Crippen LogP contribution in [-0.2, 0) is 4.79 Å². The minimum absolute atomic E-state index is 0.133. The fourth-order valence-electron chi connectivity index (χ4n) is 2.49. The number of nitrogens with zero attached hydrogens (tertiary/aromatic N) is 2. The van der Waals surface area contributed by atoms with Crippen LogP contribution in [0.15, 0.2) is 0 Å². The third-order valence-electron chi connectivity index (χ3n) is 3.56. The number of rotatable bonds is 6. The van der Waals surface area contributed by atoms with Gasteiger partial charge in [-0.25, -0.2) is 0 Å². The van der Waals surface area contributed by atoms with Gasteiger partial charge in [-0.2, -0.15) is 13.2 Å². The summed E-state index contributed by atoms with van der Waals surface area (Å²) in [5.41, 5.74) is 0. The Labute approximate surface area is 118 Å². The van der Waals surface area contributed by atoms with Crippen LogP contribution in [0.5, 0.6) is 0 Å². The number of likely N-dealkylation sites (tertiary alicyclic amines) is 1. The summed E-state index contributed by atoms with van der Waals surface area (Å²) < 4.78 is 37.5. The van der Waals surface area contributed by atoms with Gasteiger partial charge in [-0.15, -0.1) is 0 Å². The Morgan fingerprint density at radius 3 is 2.65 bits per heavy atom. The summed E-state index contributed by atoms with van der Waals surface area (Å²) in [5.74, 6) is -0.197. The number of amides is 1. The molecule has 0 aromatic rings. The maximum Gasteiger partial charge on any atom is 0.401 e. The van der Waals surface area contributed by atoms with Gasteiger partial charge in [-0.05, 0) is 33.2 Å². The molecule has 1 N–H and O–H groups in total. The van der Waals surface area contributed by atoms with E-state index in [1.54, 1.807) is 11.9 Å². The molecule has 0 radical (unpaired) electrons. The van der Waals surface area contributed by atoms with Crippen LogP contribution >= 0.6 is 0 Å². The Morgan fingerprint density at radius 1 is 1.40 bits per heavy atom. The Kier molecular flexibility index (Phi) is 6.75. The molecule has 1 rings (SSSR count). The number of halogens is 3. The van der Waals surface area contributed by atoms with Crippen molar-refractivity contribution in [3.63, 3.8) is 0 Å². The third kappa shape index (κ3) is 6.09. The average Bonchev–Trinajstić information content (AvgIpc) is 2.34. The number of hydrogen-bond donors (Lipinski definition) is 1. The van der Waals surface area contributed by atoms with E-state index in [1.807, 2.05) is 6.92 Å². The summed E-state index contributed by atoms with van der Waals surface area (Å²) in [6, 6.07) is 0.133. The van der Waals surface area contributed by atoms with Gasteiger partial charge in [-0.3, -0.25) is 9.69 Å². The van der Waals surface area contributed by atoms with Crippen molar-refractivity contribution in [1.29, 1.82) is 0 Å². The third-order valence-corrected chi connectivity index (χ3v) is 3.56. The van der Waals surface area contributed by atoms with Gasteiger partial charge >= 0.3 is 6.18 Å². The van der Waals surface area contributed by atoms with Gasteiger partial charge in [0.15, 0.2) is 0 Å². The second-order valence-electron chi connectivity index (χ2n) is 5.36. The van der Waals surface area contributed by atoms with Crippen molar-refractivity contribution < 1.29 is 18.0 Å². The first-order chi connectivity index (χ1) is 9.33. The van der Waals surface area contributed by atoms with E-state index >= 15 is 0 Å². The van der Waals surface area contributed by atoms with Crippen molar-refractivity contribution in [3.8, 4) is 0 Å². The fourth-order valence-corrected chi connectivity index (χ4v) is 2.49. The van der Waals surface area contributed by atoms with Crippen LogP contribution in [0.4, 0.5) is 13.2 Å². The van der Waals surface area contributed by atoms with E-state index in [4.69, 9.17) is 0 Å². The first-order valence-electron chi connectivity index (χ1n) is 7.06. The van der Waals surface area contributed by atoms with E-state index < -0.39 is 12.7 Å². The topological polar surface area (TPSA) is 35.6 Å². The SMILES string of the molecule is CNCCN(CC(=O)N1CCCCC1C)CC(F)(F)F. The molecule has 1 saturated heterocycles. The van der Waals surface area contributed by atoms with Crippen LogP contribution in [0.3, 0.4) is 0 Å². The lowest BCUT2D eigenvalue weighted by Gasteiger charge is -2.35. The van der Waals surface area contributed by atoms with E-state index in [1.165, 1.54) is 4.90 Å². The maximum absolute atomic E-state index is 12.5. The zero-order valence-corrected chi connectivity index (χ0v) is 12.2. The standard InChI is InChI=1S/C13H24F3N3O/c1-11-5-3-4-7-19(11)12(20)9-18(8-6-17-2)10-13(14,15)16/h11,17H,3-10H2,1-2H3. The number of piperidine rings is 1. The summed E-state index contributed by atoms with van der Waals surface area (Å²) in [6.07, 6.45) is -1.33. The van der Waals surface area contributed by atoms with Gasteiger partial charge in [0, 0.05) is 25.7 Å². The van der Waals surface area contributed by atoms with E-state index in [0.717, 1.165) is 19.3 Å². The van der Waals surface area contributed by atoms with Crippen LogP contribution < -0.4 is 5.32 Å². The number of carbonyl (C=O) groups excluding carboxylic acids is 1. The van der Waals surface area contributed by atoms with Gasteiger partial charge in [0.05, 0.1) is 13.1 Å². The normalized spacial score (nSPS) is 20.5. The smallest absolute Gasteiger partial charge is 0.339 e. The molecule has 1 amide bonds. The molecule has 1 fully saturated rings. The van der Waals surface area contributed by atoms with Gasteiger partial charge in [0.25, 0.3) is 0 Å². The highest BCUT2D eigenvalue weighted by Gasteiger charge is 2.32. The number of hydrogen-bond acceptors (Lipinski definition) is 3. The monoisotopic (exact) mass is 295 g/mol. The molecular formula is C13H24F3N3O. The first kappa shape index (κ1) is 17.2. The quantitative estimate of drug-likeness (QED) is 0.806. The van der Waals surface area contributed by atoms with Crippen molar-refractivity contribution in [2.45, 2.75) is 38.4 Å². The van der Waals surface area contributed by atoms with Crippen LogP contribution in [0.2, 0.25) is 0 Å². The lowest BCUT2D eigenvalue weighted by molar-refractivity contribution is -0.152. The average molecular weight is 295 g/mol. The molecule has 20 heavy (non-hydrogen) atoms. The molecule has 118 valence electrons. The van der Waals surface area contributed by atoms with Crippen LogP contribution in [0.1, 0.15) is 26.2 Å². The highest BCUT2D eigenvalue weighted by molar-refractivity contribution is 5.78. The Hall–Kier alpha value is -0.820. The Morgan fingerprint density at radius 2 is 2.10 bits per heavy atom. The minimum Gasteiger partial charge on any atom is -0.339 e. The predicted octanol–water partition coefficient (Wildman–Crippen LogP) is 1.47. The molecule has 1 aliphatic rings. The molecule has 0 aromatic heterocycles. The van der Waals surface area contributed by atoms with E-state index in [-0.39, 0.29) is 25.0 Å². The van der Waals surface area contributed by atoms with Crippen molar-refractivity contribution in [2.75, 3.05) is 39.8 Å². The number of likely N-dealkylation sites (N-methyl/N-ethyl adjacent to an activating group) is 1. The molecule has 1 aliphatic heterocycles. The van der Waals surface area contributed by atoms with E-state index in [0.29, 0.717) is 13.1 Å². The van der Waals surface area contributed by atoms with E-state index in [2.05, 4.69) is 5.32 Å². The summed E-state index contributed by atoms with van der Waals surface area (Å²) in [5, 5.41) is 2.81. The summed E-state index contributed by atoms with van der Waals surface area (Å²) in [6.45, 7) is 2.06. The molecule has 0 saturated carbocycles.